The molecule has 1 N–H and O–H groups in total. The average molecular weight is 312 g/mol. The second kappa shape index (κ2) is 6.99. The number of esters is 1. The van der Waals surface area contributed by atoms with Gasteiger partial charge in [0.05, 0.1) is 11.8 Å². The van der Waals surface area contributed by atoms with Gasteiger partial charge in [-0.1, -0.05) is 26.7 Å². The van der Waals surface area contributed by atoms with E-state index in [0.717, 1.165) is 19.3 Å². The number of carbonyl (C=O) groups excluding carboxylic acids is 1. The summed E-state index contributed by atoms with van der Waals surface area (Å²) in [5, 5.41) is 9.63. The highest BCUT2D eigenvalue weighted by atomic mass is 16.7. The number of fused-ring (bicyclic) bond motifs is 2. The lowest BCUT2D eigenvalue weighted by Gasteiger charge is -2.38. The van der Waals surface area contributed by atoms with E-state index in [1.165, 1.54) is 0 Å². The van der Waals surface area contributed by atoms with Gasteiger partial charge in [0.2, 0.25) is 0 Å². The standard InChI is InChI=1S/C17H28O5/c1-5-10-11(6-2)13-8-12(10)14(16(18)19)15(13)17(20)22-9(4)21-7-3/h9-15H,5-8H2,1-4H3,(H,18,19). The molecule has 2 bridgehead atoms. The van der Waals surface area contributed by atoms with E-state index >= 15 is 0 Å². The lowest BCUT2D eigenvalue weighted by atomic mass is 9.66. The summed E-state index contributed by atoms with van der Waals surface area (Å²) in [6.45, 7) is 8.23. The maximum Gasteiger partial charge on any atom is 0.312 e. The van der Waals surface area contributed by atoms with Crippen LogP contribution in [-0.4, -0.2) is 29.9 Å². The highest BCUT2D eigenvalue weighted by molar-refractivity contribution is 5.83. The summed E-state index contributed by atoms with van der Waals surface area (Å²) < 4.78 is 10.6. The van der Waals surface area contributed by atoms with Crippen LogP contribution in [0.5, 0.6) is 0 Å². The van der Waals surface area contributed by atoms with Gasteiger partial charge in [0.1, 0.15) is 0 Å². The molecule has 0 saturated heterocycles. The largest absolute Gasteiger partial charge is 0.481 e. The fourth-order valence-electron chi connectivity index (χ4n) is 5.04. The van der Waals surface area contributed by atoms with E-state index in [9.17, 15) is 14.7 Å². The Balaban J connectivity index is 2.18. The number of hydrogen-bond acceptors (Lipinski definition) is 4. The van der Waals surface area contributed by atoms with E-state index in [1.54, 1.807) is 6.92 Å². The molecular weight excluding hydrogens is 284 g/mol. The van der Waals surface area contributed by atoms with Gasteiger partial charge in [-0.2, -0.15) is 0 Å². The number of carbonyl (C=O) groups is 2. The second-order valence-corrected chi connectivity index (χ2v) is 6.56. The predicted molar refractivity (Wildman–Crippen MR) is 81.0 cm³/mol. The molecule has 0 amide bonds. The van der Waals surface area contributed by atoms with Crippen molar-refractivity contribution in [3.8, 4) is 0 Å². The lowest BCUT2D eigenvalue weighted by Crippen LogP contribution is -2.43. The van der Waals surface area contributed by atoms with E-state index < -0.39 is 30.1 Å². The first kappa shape index (κ1) is 17.3. The van der Waals surface area contributed by atoms with E-state index in [2.05, 4.69) is 13.8 Å². The van der Waals surface area contributed by atoms with Gasteiger partial charge in [0.25, 0.3) is 0 Å². The summed E-state index contributed by atoms with van der Waals surface area (Å²) >= 11 is 0. The van der Waals surface area contributed by atoms with E-state index in [1.807, 2.05) is 6.92 Å². The minimum absolute atomic E-state index is 0.109. The number of rotatable bonds is 7. The van der Waals surface area contributed by atoms with Crippen molar-refractivity contribution in [2.45, 2.75) is 53.2 Å². The Hall–Kier alpha value is -1.10. The van der Waals surface area contributed by atoms with Crippen molar-refractivity contribution in [2.24, 2.45) is 35.5 Å². The first-order valence-electron chi connectivity index (χ1n) is 8.51. The summed E-state index contributed by atoms with van der Waals surface area (Å²) in [5.74, 6) is -1.26. The molecule has 0 aromatic carbocycles. The van der Waals surface area contributed by atoms with Gasteiger partial charge in [0.15, 0.2) is 6.29 Å². The van der Waals surface area contributed by atoms with Crippen LogP contribution in [0.25, 0.3) is 0 Å². The zero-order valence-electron chi connectivity index (χ0n) is 14.0. The number of carboxylic acids is 1. The zero-order chi connectivity index (χ0) is 16.4. The molecule has 0 spiro atoms. The highest BCUT2D eigenvalue weighted by Gasteiger charge is 2.61. The van der Waals surface area contributed by atoms with Crippen molar-refractivity contribution < 1.29 is 24.2 Å². The molecule has 2 saturated carbocycles. The molecule has 2 rings (SSSR count). The maximum atomic E-state index is 12.5. The number of hydrogen-bond donors (Lipinski definition) is 1. The number of ether oxygens (including phenoxy) is 2. The van der Waals surface area contributed by atoms with Crippen molar-refractivity contribution in [2.75, 3.05) is 6.61 Å². The highest BCUT2D eigenvalue weighted by Crippen LogP contribution is 2.60. The zero-order valence-corrected chi connectivity index (χ0v) is 14.0. The van der Waals surface area contributed by atoms with Gasteiger partial charge in [0, 0.05) is 6.61 Å². The average Bonchev–Trinajstić information content (AvgIpc) is 3.01. The Kier molecular flexibility index (Phi) is 5.48. The summed E-state index contributed by atoms with van der Waals surface area (Å²) in [6.07, 6.45) is 2.21. The van der Waals surface area contributed by atoms with E-state index in [4.69, 9.17) is 9.47 Å². The van der Waals surface area contributed by atoms with Gasteiger partial charge >= 0.3 is 11.9 Å². The number of carboxylic acid groups (broad SMARTS) is 1. The van der Waals surface area contributed by atoms with Crippen LogP contribution in [0.2, 0.25) is 0 Å². The minimum atomic E-state index is -0.855. The van der Waals surface area contributed by atoms with Crippen molar-refractivity contribution in [1.29, 1.82) is 0 Å². The molecule has 2 aliphatic rings. The van der Waals surface area contributed by atoms with E-state index in [-0.39, 0.29) is 11.8 Å². The SMILES string of the molecule is CCOC(C)OC(=O)C1C2CC(C(CC)C2CC)C1C(=O)O. The third kappa shape index (κ3) is 2.87. The van der Waals surface area contributed by atoms with Gasteiger partial charge < -0.3 is 14.6 Å². The van der Waals surface area contributed by atoms with Crippen LogP contribution in [0, 0.1) is 35.5 Å². The molecule has 0 aromatic heterocycles. The Morgan fingerprint density at radius 1 is 1.09 bits per heavy atom. The third-order valence-electron chi connectivity index (χ3n) is 5.69. The van der Waals surface area contributed by atoms with Gasteiger partial charge in [-0.15, -0.1) is 0 Å². The fraction of sp³-hybridized carbons (Fsp3) is 0.882. The molecule has 5 nitrogen and oxygen atoms in total. The van der Waals surface area contributed by atoms with Crippen molar-refractivity contribution in [3.05, 3.63) is 0 Å². The van der Waals surface area contributed by atoms with Crippen LogP contribution >= 0.6 is 0 Å². The Labute approximate surface area is 132 Å². The Morgan fingerprint density at radius 2 is 1.64 bits per heavy atom. The van der Waals surface area contributed by atoms with Crippen molar-refractivity contribution in [1.82, 2.24) is 0 Å². The van der Waals surface area contributed by atoms with Crippen LogP contribution in [0.1, 0.15) is 47.0 Å². The molecule has 5 heteroatoms. The lowest BCUT2D eigenvalue weighted by molar-refractivity contribution is -0.186. The van der Waals surface area contributed by atoms with Crippen LogP contribution in [0.3, 0.4) is 0 Å². The predicted octanol–water partition coefficient (Wildman–Crippen LogP) is 2.93. The molecule has 126 valence electrons. The molecule has 2 fully saturated rings. The maximum absolute atomic E-state index is 12.5. The molecule has 0 heterocycles. The summed E-state index contributed by atoms with van der Waals surface area (Å²) in [5.41, 5.74) is 0. The Morgan fingerprint density at radius 3 is 2.09 bits per heavy atom. The number of aliphatic carboxylic acids is 1. The van der Waals surface area contributed by atoms with Crippen LogP contribution < -0.4 is 0 Å². The molecular formula is C17H28O5. The molecule has 2 aliphatic carbocycles. The van der Waals surface area contributed by atoms with Crippen LogP contribution in [0.4, 0.5) is 0 Å². The van der Waals surface area contributed by atoms with Crippen LogP contribution in [0.15, 0.2) is 0 Å². The van der Waals surface area contributed by atoms with Gasteiger partial charge in [-0.25, -0.2) is 0 Å². The summed E-state index contributed by atoms with van der Waals surface area (Å²) in [4.78, 5) is 24.3. The molecule has 22 heavy (non-hydrogen) atoms. The molecule has 0 aliphatic heterocycles. The quantitative estimate of drug-likeness (QED) is 0.578. The van der Waals surface area contributed by atoms with Crippen molar-refractivity contribution in [3.63, 3.8) is 0 Å². The molecule has 7 unspecified atom stereocenters. The molecule has 0 radical (unpaired) electrons. The Bertz CT molecular complexity index is 421. The first-order valence-corrected chi connectivity index (χ1v) is 8.51. The smallest absolute Gasteiger partial charge is 0.312 e. The van der Waals surface area contributed by atoms with E-state index in [0.29, 0.717) is 18.4 Å². The third-order valence-corrected chi connectivity index (χ3v) is 5.69. The van der Waals surface area contributed by atoms with Crippen LogP contribution in [-0.2, 0) is 19.1 Å². The van der Waals surface area contributed by atoms with Gasteiger partial charge in [-0.3, -0.25) is 9.59 Å². The summed E-state index contributed by atoms with van der Waals surface area (Å²) in [6, 6.07) is 0. The topological polar surface area (TPSA) is 72.8 Å². The first-order chi connectivity index (χ1) is 10.5. The monoisotopic (exact) mass is 312 g/mol. The summed E-state index contributed by atoms with van der Waals surface area (Å²) in [7, 11) is 0. The van der Waals surface area contributed by atoms with Gasteiger partial charge in [-0.05, 0) is 43.9 Å². The second-order valence-electron chi connectivity index (χ2n) is 6.56. The minimum Gasteiger partial charge on any atom is -0.481 e. The normalized spacial score (nSPS) is 38.0. The fourth-order valence-corrected chi connectivity index (χ4v) is 5.04. The van der Waals surface area contributed by atoms with Crippen molar-refractivity contribution >= 4 is 11.9 Å². The molecule has 7 atom stereocenters. The molecule has 0 aromatic rings.